The number of hydrogen-bond donors (Lipinski definition) is 2. The molecular weight excluding hydrogens is 286 g/mol. The third kappa shape index (κ3) is 3.29. The van der Waals surface area contributed by atoms with Gasteiger partial charge in [0.15, 0.2) is 5.69 Å². The van der Waals surface area contributed by atoms with E-state index in [-0.39, 0.29) is 5.91 Å². The largest absolute Gasteiger partial charge is 0.390 e. The number of H-pyrrole nitrogens is 1. The van der Waals surface area contributed by atoms with E-state index in [1.807, 2.05) is 0 Å². The first kappa shape index (κ1) is 15.4. The molecule has 2 aliphatic rings. The maximum Gasteiger partial charge on any atom is 0.276 e. The van der Waals surface area contributed by atoms with Crippen LogP contribution in [0.2, 0.25) is 0 Å². The molecule has 1 amide bonds. The second-order valence-corrected chi connectivity index (χ2v) is 6.00. The van der Waals surface area contributed by atoms with Gasteiger partial charge in [0.1, 0.15) is 0 Å². The summed E-state index contributed by atoms with van der Waals surface area (Å²) in [4.78, 5) is 16.5. The Kier molecular flexibility index (Phi) is 4.70. The monoisotopic (exact) mass is 309 g/mol. The van der Waals surface area contributed by atoms with Crippen LogP contribution in [0.3, 0.4) is 0 Å². The number of aromatic amines is 1. The van der Waals surface area contributed by atoms with E-state index in [1.165, 1.54) is 0 Å². The van der Waals surface area contributed by atoms with Crippen molar-refractivity contribution in [3.63, 3.8) is 0 Å². The second kappa shape index (κ2) is 6.72. The van der Waals surface area contributed by atoms with Gasteiger partial charge < -0.3 is 14.7 Å². The van der Waals surface area contributed by atoms with Crippen molar-refractivity contribution in [1.29, 1.82) is 0 Å². The molecule has 0 saturated carbocycles. The zero-order valence-electron chi connectivity index (χ0n) is 12.9. The van der Waals surface area contributed by atoms with Crippen LogP contribution >= 0.6 is 0 Å². The molecule has 1 unspecified atom stereocenters. The van der Waals surface area contributed by atoms with Crippen molar-refractivity contribution in [3.8, 4) is 0 Å². The maximum absolute atomic E-state index is 12.5. The van der Waals surface area contributed by atoms with Crippen molar-refractivity contribution in [2.45, 2.75) is 31.9 Å². The fourth-order valence-corrected chi connectivity index (χ4v) is 3.22. The summed E-state index contributed by atoms with van der Waals surface area (Å²) in [6, 6.07) is 0.437. The van der Waals surface area contributed by atoms with Gasteiger partial charge in [-0.15, -0.1) is 0 Å². The first-order chi connectivity index (χ1) is 10.6. The minimum Gasteiger partial charge on any atom is -0.390 e. The lowest BCUT2D eigenvalue weighted by Crippen LogP contribution is -2.43. The van der Waals surface area contributed by atoms with Crippen LogP contribution in [0.15, 0.2) is 0 Å². The fraction of sp³-hybridized carbons (Fsp3) is 0.786. The number of rotatable bonds is 2. The summed E-state index contributed by atoms with van der Waals surface area (Å²) in [5.74, 6) is -0.167. The van der Waals surface area contributed by atoms with E-state index < -0.39 is 6.10 Å². The molecule has 1 atom stereocenters. The maximum atomic E-state index is 12.5. The average Bonchev–Trinajstić information content (AvgIpc) is 2.85. The minimum absolute atomic E-state index is 0.167. The summed E-state index contributed by atoms with van der Waals surface area (Å²) < 4.78 is 5.40. The number of nitrogens with zero attached hydrogens (tertiary/aromatic N) is 4. The number of ether oxygens (including phenoxy) is 1. The number of β-amino-alcohol motifs (C(OH)–C–C–N with tert-alkyl or cyclic N) is 1. The number of carbonyl (C=O) groups is 1. The van der Waals surface area contributed by atoms with Gasteiger partial charge >= 0.3 is 0 Å². The number of carbonyl (C=O) groups excluding carboxylic acids is 1. The number of nitrogens with one attached hydrogen (secondary N) is 1. The molecule has 0 spiro atoms. The lowest BCUT2D eigenvalue weighted by molar-refractivity contribution is 0.0217. The molecule has 0 bridgehead atoms. The van der Waals surface area contributed by atoms with Gasteiger partial charge in [0, 0.05) is 45.4 Å². The molecular formula is C14H23N5O3. The summed E-state index contributed by atoms with van der Waals surface area (Å²) in [6.07, 6.45) is 1.44. The number of aryl methyl sites for hydroxylation is 1. The van der Waals surface area contributed by atoms with Crippen LogP contribution in [0, 0.1) is 6.92 Å². The van der Waals surface area contributed by atoms with E-state index in [0.717, 1.165) is 32.6 Å². The summed E-state index contributed by atoms with van der Waals surface area (Å²) in [5, 5.41) is 20.5. The van der Waals surface area contributed by atoms with E-state index in [9.17, 15) is 9.90 Å². The minimum atomic E-state index is -0.540. The molecule has 8 nitrogen and oxygen atoms in total. The van der Waals surface area contributed by atoms with Crippen LogP contribution in [-0.4, -0.2) is 87.8 Å². The van der Waals surface area contributed by atoms with E-state index in [4.69, 9.17) is 4.74 Å². The van der Waals surface area contributed by atoms with Crippen molar-refractivity contribution in [1.82, 2.24) is 25.2 Å². The Balaban J connectivity index is 1.66. The lowest BCUT2D eigenvalue weighted by Gasteiger charge is -2.33. The van der Waals surface area contributed by atoms with E-state index in [1.54, 1.807) is 11.8 Å². The Labute approximate surface area is 129 Å². The second-order valence-electron chi connectivity index (χ2n) is 6.00. The highest BCUT2D eigenvalue weighted by atomic mass is 16.5. The molecule has 0 aliphatic carbocycles. The third-order valence-corrected chi connectivity index (χ3v) is 4.45. The highest BCUT2D eigenvalue weighted by molar-refractivity contribution is 5.93. The van der Waals surface area contributed by atoms with Crippen LogP contribution in [0.1, 0.15) is 29.0 Å². The van der Waals surface area contributed by atoms with Crippen molar-refractivity contribution in [2.24, 2.45) is 0 Å². The standard InChI is InChI=1S/C14H23N5O3/c1-10-13(16-17-15-10)14(21)19-5-4-18(8-12(20)9-19)11-2-6-22-7-3-11/h11-12,20H,2-9H2,1H3,(H,15,16,17). The van der Waals surface area contributed by atoms with E-state index >= 15 is 0 Å². The molecule has 2 saturated heterocycles. The molecule has 1 aromatic heterocycles. The smallest absolute Gasteiger partial charge is 0.276 e. The lowest BCUT2D eigenvalue weighted by atomic mass is 10.1. The van der Waals surface area contributed by atoms with Gasteiger partial charge in [-0.2, -0.15) is 15.4 Å². The van der Waals surface area contributed by atoms with Gasteiger partial charge in [0.05, 0.1) is 11.8 Å². The summed E-state index contributed by atoms with van der Waals surface area (Å²) in [7, 11) is 0. The fourth-order valence-electron chi connectivity index (χ4n) is 3.22. The van der Waals surface area contributed by atoms with Crippen molar-refractivity contribution in [2.75, 3.05) is 39.4 Å². The number of aliphatic hydroxyl groups is 1. The van der Waals surface area contributed by atoms with Gasteiger partial charge in [-0.3, -0.25) is 9.69 Å². The van der Waals surface area contributed by atoms with Crippen LogP contribution in [0.5, 0.6) is 0 Å². The highest BCUT2D eigenvalue weighted by Gasteiger charge is 2.30. The Morgan fingerprint density at radius 2 is 2.05 bits per heavy atom. The topological polar surface area (TPSA) is 94.6 Å². The van der Waals surface area contributed by atoms with Gasteiger partial charge in [0.25, 0.3) is 5.91 Å². The van der Waals surface area contributed by atoms with Crippen LogP contribution in [0.25, 0.3) is 0 Å². The quantitative estimate of drug-likeness (QED) is 0.758. The number of amides is 1. The summed E-state index contributed by atoms with van der Waals surface area (Å²) >= 11 is 0. The molecule has 1 aromatic rings. The molecule has 3 rings (SSSR count). The average molecular weight is 309 g/mol. The first-order valence-corrected chi connectivity index (χ1v) is 7.81. The van der Waals surface area contributed by atoms with Crippen molar-refractivity contribution >= 4 is 5.91 Å². The predicted octanol–water partition coefficient (Wildman–Crippen LogP) is -0.589. The van der Waals surface area contributed by atoms with Crippen LogP contribution in [0.4, 0.5) is 0 Å². The zero-order chi connectivity index (χ0) is 15.5. The molecule has 2 N–H and O–H groups in total. The molecule has 122 valence electrons. The molecule has 2 aliphatic heterocycles. The number of hydrogen-bond acceptors (Lipinski definition) is 6. The van der Waals surface area contributed by atoms with Crippen molar-refractivity contribution < 1.29 is 14.6 Å². The van der Waals surface area contributed by atoms with E-state index in [2.05, 4.69) is 20.3 Å². The molecule has 2 fully saturated rings. The van der Waals surface area contributed by atoms with E-state index in [0.29, 0.717) is 37.1 Å². The van der Waals surface area contributed by atoms with Gasteiger partial charge in [-0.05, 0) is 19.8 Å². The van der Waals surface area contributed by atoms with Gasteiger partial charge in [0.2, 0.25) is 0 Å². The van der Waals surface area contributed by atoms with Crippen LogP contribution in [-0.2, 0) is 4.74 Å². The molecule has 3 heterocycles. The normalized spacial score (nSPS) is 25.2. The first-order valence-electron chi connectivity index (χ1n) is 7.81. The predicted molar refractivity (Wildman–Crippen MR) is 78.4 cm³/mol. The number of aromatic nitrogens is 3. The molecule has 22 heavy (non-hydrogen) atoms. The zero-order valence-corrected chi connectivity index (χ0v) is 12.9. The Morgan fingerprint density at radius 3 is 2.73 bits per heavy atom. The Bertz CT molecular complexity index is 514. The Morgan fingerprint density at radius 1 is 1.27 bits per heavy atom. The molecule has 0 aromatic carbocycles. The van der Waals surface area contributed by atoms with Gasteiger partial charge in [-0.1, -0.05) is 0 Å². The highest BCUT2D eigenvalue weighted by Crippen LogP contribution is 2.18. The van der Waals surface area contributed by atoms with Crippen LogP contribution < -0.4 is 0 Å². The number of aliphatic hydroxyl groups excluding tert-OH is 1. The summed E-state index contributed by atoms with van der Waals surface area (Å²) in [5.41, 5.74) is 0.928. The molecule has 0 radical (unpaired) electrons. The Hall–Kier alpha value is -1.51. The van der Waals surface area contributed by atoms with Gasteiger partial charge in [-0.25, -0.2) is 0 Å². The van der Waals surface area contributed by atoms with Crippen molar-refractivity contribution in [3.05, 3.63) is 11.4 Å². The summed E-state index contributed by atoms with van der Waals surface area (Å²) in [6.45, 7) is 5.61. The SMILES string of the molecule is Cc1n[nH]nc1C(=O)N1CCN(C2CCOCC2)CC(O)C1. The molecule has 8 heteroatoms. The third-order valence-electron chi connectivity index (χ3n) is 4.45.